The zero-order chi connectivity index (χ0) is 37.3. The first-order valence-electron chi connectivity index (χ1n) is 19.6. The molecule has 0 bridgehead atoms. The van der Waals surface area contributed by atoms with Crippen LogP contribution in [0.15, 0.2) is 217 Å². The smallest absolute Gasteiger partial charge is 0.179 e. The minimum Gasteiger partial charge on any atom is -0.351 e. The third-order valence-electron chi connectivity index (χ3n) is 11.6. The summed E-state index contributed by atoms with van der Waals surface area (Å²) < 4.78 is 2.44. The molecule has 4 nitrogen and oxygen atoms in total. The molecule has 2 heterocycles. The van der Waals surface area contributed by atoms with Gasteiger partial charge in [-0.3, -0.25) is 5.32 Å². The molecular formula is C51H42N4Si. The number of aromatic nitrogens is 1. The first-order valence-corrected chi connectivity index (χ1v) is 21.6. The van der Waals surface area contributed by atoms with E-state index in [2.05, 4.69) is 221 Å². The van der Waals surface area contributed by atoms with Crippen molar-refractivity contribution in [3.63, 3.8) is 0 Å². The van der Waals surface area contributed by atoms with Crippen LogP contribution < -0.4 is 31.4 Å². The summed E-state index contributed by atoms with van der Waals surface area (Å²) in [6, 6.07) is 70.8. The van der Waals surface area contributed by atoms with Crippen molar-refractivity contribution in [1.29, 1.82) is 0 Å². The van der Waals surface area contributed by atoms with E-state index < -0.39 is 8.07 Å². The van der Waals surface area contributed by atoms with Gasteiger partial charge in [0.05, 0.1) is 11.0 Å². The highest BCUT2D eigenvalue weighted by atomic mass is 28.3. The molecule has 0 amide bonds. The van der Waals surface area contributed by atoms with E-state index in [0.717, 1.165) is 24.2 Å². The fourth-order valence-corrected chi connectivity index (χ4v) is 13.8. The second-order valence-corrected chi connectivity index (χ2v) is 18.5. The molecule has 0 saturated heterocycles. The summed E-state index contributed by atoms with van der Waals surface area (Å²) in [5, 5.41) is 15.7. The molecule has 2 atom stereocenters. The molecule has 1 aliphatic carbocycles. The molecule has 0 spiro atoms. The number of hydrogen-bond donors (Lipinski definition) is 2. The van der Waals surface area contributed by atoms with Gasteiger partial charge in [0.1, 0.15) is 18.2 Å². The number of para-hydroxylation sites is 2. The van der Waals surface area contributed by atoms with Crippen LogP contribution in [0.3, 0.4) is 0 Å². The molecule has 0 saturated carbocycles. The van der Waals surface area contributed by atoms with Crippen molar-refractivity contribution in [3.8, 4) is 0 Å². The lowest BCUT2D eigenvalue weighted by Gasteiger charge is -2.36. The maximum absolute atomic E-state index is 5.49. The van der Waals surface area contributed by atoms with Crippen molar-refractivity contribution in [1.82, 2.24) is 15.2 Å². The third kappa shape index (κ3) is 5.93. The largest absolute Gasteiger partial charge is 0.351 e. The Hall–Kier alpha value is -6.53. The van der Waals surface area contributed by atoms with Gasteiger partial charge in [-0.1, -0.05) is 188 Å². The van der Waals surface area contributed by atoms with Gasteiger partial charge in [-0.2, -0.15) is 0 Å². The number of rotatable bonds is 8. The maximum Gasteiger partial charge on any atom is 0.179 e. The first kappa shape index (κ1) is 34.0. The maximum atomic E-state index is 5.49. The van der Waals surface area contributed by atoms with Crippen LogP contribution in [-0.2, 0) is 0 Å². The summed E-state index contributed by atoms with van der Waals surface area (Å²) >= 11 is 0. The van der Waals surface area contributed by atoms with E-state index in [1.54, 1.807) is 0 Å². The Morgan fingerprint density at radius 1 is 0.482 bits per heavy atom. The first-order chi connectivity index (χ1) is 27.8. The average molecular weight is 739 g/mol. The lowest BCUT2D eigenvalue weighted by atomic mass is 9.99. The molecule has 1 aromatic heterocycles. The van der Waals surface area contributed by atoms with Gasteiger partial charge < -0.3 is 9.88 Å². The molecule has 7 aromatic carbocycles. The Labute approximate surface area is 329 Å². The van der Waals surface area contributed by atoms with Crippen LogP contribution in [0, 0.1) is 0 Å². The van der Waals surface area contributed by atoms with Gasteiger partial charge in [-0.25, -0.2) is 4.99 Å². The van der Waals surface area contributed by atoms with E-state index in [-0.39, 0.29) is 12.3 Å². The molecule has 10 rings (SSSR count). The summed E-state index contributed by atoms with van der Waals surface area (Å²) in [5.74, 6) is 0.947. The van der Waals surface area contributed by atoms with Gasteiger partial charge in [-0.05, 0) is 68.5 Å². The zero-order valence-corrected chi connectivity index (χ0v) is 32.1. The average Bonchev–Trinajstić information content (AvgIpc) is 3.62. The van der Waals surface area contributed by atoms with E-state index in [0.29, 0.717) is 0 Å². The van der Waals surface area contributed by atoms with E-state index >= 15 is 0 Å². The summed E-state index contributed by atoms with van der Waals surface area (Å²) in [4.78, 5) is 5.49. The lowest BCUT2D eigenvalue weighted by Crippen LogP contribution is -2.74. The fourth-order valence-electron chi connectivity index (χ4n) is 8.96. The minimum atomic E-state index is -2.71. The summed E-state index contributed by atoms with van der Waals surface area (Å²) in [7, 11) is -2.71. The van der Waals surface area contributed by atoms with Crippen molar-refractivity contribution >= 4 is 62.2 Å². The van der Waals surface area contributed by atoms with Gasteiger partial charge in [0, 0.05) is 16.5 Å². The van der Waals surface area contributed by atoms with Crippen LogP contribution in [-0.4, -0.2) is 18.5 Å². The molecule has 1 aliphatic heterocycles. The highest BCUT2D eigenvalue weighted by Crippen LogP contribution is 2.35. The Morgan fingerprint density at radius 2 is 0.982 bits per heavy atom. The summed E-state index contributed by atoms with van der Waals surface area (Å²) in [6.07, 6.45) is 6.02. The van der Waals surface area contributed by atoms with Crippen LogP contribution in [0.1, 0.15) is 36.3 Å². The predicted octanol–water partition coefficient (Wildman–Crippen LogP) is 8.72. The number of nitrogens with zero attached hydrogens (tertiary/aromatic N) is 2. The van der Waals surface area contributed by atoms with Crippen LogP contribution in [0.4, 0.5) is 0 Å². The number of nitrogens with one attached hydrogen (secondary N) is 2. The van der Waals surface area contributed by atoms with Crippen molar-refractivity contribution in [2.75, 3.05) is 0 Å². The number of allylic oxidation sites excluding steroid dienone is 3. The SMILES string of the molecule is C1=C(C2=NC(c3cccc([Si](c4ccccc4)(c4ccccc4)c4ccccc4)c3)NC(c3ccccc3)N2)CCC(n2c3ccccc3c3ccccc32)=C1. The molecule has 0 fully saturated rings. The fraction of sp³-hybridized carbons (Fsp3) is 0.0784. The Balaban J connectivity index is 1.09. The predicted molar refractivity (Wildman–Crippen MR) is 237 cm³/mol. The molecule has 56 heavy (non-hydrogen) atoms. The second-order valence-electron chi connectivity index (χ2n) is 14.7. The zero-order valence-electron chi connectivity index (χ0n) is 31.1. The van der Waals surface area contributed by atoms with Gasteiger partial charge >= 0.3 is 0 Å². The molecule has 270 valence electrons. The second kappa shape index (κ2) is 14.6. The number of benzene rings is 7. The van der Waals surface area contributed by atoms with Crippen molar-refractivity contribution in [2.45, 2.75) is 25.2 Å². The molecule has 2 unspecified atom stereocenters. The van der Waals surface area contributed by atoms with Crippen LogP contribution in [0.2, 0.25) is 0 Å². The van der Waals surface area contributed by atoms with Crippen LogP contribution in [0.25, 0.3) is 27.5 Å². The van der Waals surface area contributed by atoms with Gasteiger partial charge in [0.2, 0.25) is 0 Å². The molecule has 8 aromatic rings. The number of hydrogen-bond acceptors (Lipinski definition) is 3. The van der Waals surface area contributed by atoms with E-state index in [1.807, 2.05) is 0 Å². The number of fused-ring (bicyclic) bond motifs is 3. The van der Waals surface area contributed by atoms with Crippen molar-refractivity contribution in [3.05, 3.63) is 223 Å². The normalized spacial score (nSPS) is 17.2. The van der Waals surface area contributed by atoms with Gasteiger partial charge in [-0.15, -0.1) is 0 Å². The number of aliphatic imine (C=N–C) groups is 1. The summed E-state index contributed by atoms with van der Waals surface area (Å²) in [5.41, 5.74) is 7.35. The minimum absolute atomic E-state index is 0.111. The van der Waals surface area contributed by atoms with E-state index in [9.17, 15) is 0 Å². The molecule has 2 aliphatic rings. The summed E-state index contributed by atoms with van der Waals surface area (Å²) in [6.45, 7) is 0. The molecule has 5 heteroatoms. The van der Waals surface area contributed by atoms with Crippen LogP contribution in [0.5, 0.6) is 0 Å². The topological polar surface area (TPSA) is 41.4 Å². The monoisotopic (exact) mass is 738 g/mol. The van der Waals surface area contributed by atoms with Gasteiger partial charge in [0.25, 0.3) is 0 Å². The van der Waals surface area contributed by atoms with Gasteiger partial charge in [0.15, 0.2) is 8.07 Å². The Kier molecular flexibility index (Phi) is 8.87. The van der Waals surface area contributed by atoms with Crippen molar-refractivity contribution < 1.29 is 0 Å². The Morgan fingerprint density at radius 3 is 1.54 bits per heavy atom. The highest BCUT2D eigenvalue weighted by molar-refractivity contribution is 7.19. The molecular weight excluding hydrogens is 697 g/mol. The third-order valence-corrected chi connectivity index (χ3v) is 16.3. The quantitative estimate of drug-likeness (QED) is 0.121. The van der Waals surface area contributed by atoms with E-state index in [4.69, 9.17) is 4.99 Å². The number of amidine groups is 1. The highest BCUT2D eigenvalue weighted by Gasteiger charge is 2.41. The lowest BCUT2D eigenvalue weighted by molar-refractivity contribution is 0.408. The standard InChI is InChI=1S/C51H42N4Si/c1-5-18-37(19-6-1)49-52-50(38-32-34-40(35-33-38)55-47-30-15-13-28-45(47)46-29-14-16-31-48(46)55)54-51(53-49)39-20-17-27-44(36-39)56(41-21-7-2-8-22-41,42-23-9-3-10-24-42)43-25-11-4-12-26-43/h1-32,34,36,49,51,53H,33,35H2,(H,52,54). The van der Waals surface area contributed by atoms with Crippen LogP contribution >= 0.6 is 0 Å². The Bertz CT molecular complexity index is 2600. The molecule has 2 N–H and O–H groups in total. The van der Waals surface area contributed by atoms with E-state index in [1.165, 1.54) is 59.4 Å². The molecule has 0 radical (unpaired) electrons. The van der Waals surface area contributed by atoms with Crippen molar-refractivity contribution in [2.24, 2.45) is 4.99 Å².